The zero-order valence-electron chi connectivity index (χ0n) is 9.32. The van der Waals surface area contributed by atoms with E-state index in [9.17, 15) is 4.79 Å². The molecule has 1 atom stereocenters. The summed E-state index contributed by atoms with van der Waals surface area (Å²) in [4.78, 5) is 13.2. The van der Waals surface area contributed by atoms with Gasteiger partial charge < -0.3 is 4.74 Å². The maximum Gasteiger partial charge on any atom is 0.411 e. The maximum absolute atomic E-state index is 11.7. The fourth-order valence-electron chi connectivity index (χ4n) is 1.25. The van der Waals surface area contributed by atoms with E-state index >= 15 is 0 Å². The number of hydrogen-bond donors (Lipinski definition) is 0. The largest absolute Gasteiger partial charge is 0.444 e. The van der Waals surface area contributed by atoms with Crippen LogP contribution >= 0.6 is 11.8 Å². The van der Waals surface area contributed by atoms with Gasteiger partial charge in [-0.05, 0) is 20.8 Å². The van der Waals surface area contributed by atoms with Gasteiger partial charge in [-0.15, -0.1) is 0 Å². The van der Waals surface area contributed by atoms with Gasteiger partial charge >= 0.3 is 6.09 Å². The molecule has 0 saturated carbocycles. The lowest BCUT2D eigenvalue weighted by molar-refractivity contribution is 0.0227. The van der Waals surface area contributed by atoms with Crippen LogP contribution in [0, 0.1) is 11.3 Å². The van der Waals surface area contributed by atoms with Crippen molar-refractivity contribution in [1.82, 2.24) is 4.90 Å². The fourth-order valence-corrected chi connectivity index (χ4v) is 2.22. The molecule has 0 radical (unpaired) electrons. The Morgan fingerprint density at radius 3 is 2.80 bits per heavy atom. The van der Waals surface area contributed by atoms with Gasteiger partial charge in [-0.1, -0.05) is 0 Å². The lowest BCUT2D eigenvalue weighted by Gasteiger charge is -2.32. The number of nitrogens with zero attached hydrogens (tertiary/aromatic N) is 2. The van der Waals surface area contributed by atoms with E-state index in [1.54, 1.807) is 11.8 Å². The molecule has 0 spiro atoms. The van der Waals surface area contributed by atoms with Crippen LogP contribution < -0.4 is 0 Å². The SMILES string of the molecule is CC(C)(C)OC(=O)N1CCSC[C@H]1C#N. The van der Waals surface area contributed by atoms with E-state index in [-0.39, 0.29) is 12.1 Å². The minimum absolute atomic E-state index is 0.349. The highest BCUT2D eigenvalue weighted by Crippen LogP contribution is 2.19. The average Bonchev–Trinajstić information content (AvgIpc) is 2.15. The van der Waals surface area contributed by atoms with Crippen molar-refractivity contribution in [2.75, 3.05) is 18.1 Å². The van der Waals surface area contributed by atoms with E-state index in [1.165, 1.54) is 4.90 Å². The van der Waals surface area contributed by atoms with E-state index in [4.69, 9.17) is 10.00 Å². The van der Waals surface area contributed by atoms with E-state index in [0.29, 0.717) is 12.3 Å². The number of hydrogen-bond acceptors (Lipinski definition) is 4. The zero-order valence-corrected chi connectivity index (χ0v) is 10.1. The summed E-state index contributed by atoms with van der Waals surface area (Å²) in [5.41, 5.74) is -0.498. The lowest BCUT2D eigenvalue weighted by atomic mass is 10.2. The molecule has 0 unspecified atom stereocenters. The molecule has 1 saturated heterocycles. The molecule has 4 nitrogen and oxygen atoms in total. The Labute approximate surface area is 94.6 Å². The number of thioether (sulfide) groups is 1. The van der Waals surface area contributed by atoms with Crippen LogP contribution in [-0.2, 0) is 4.74 Å². The van der Waals surface area contributed by atoms with E-state index in [1.807, 2.05) is 20.8 Å². The Morgan fingerprint density at radius 1 is 1.60 bits per heavy atom. The Bertz CT molecular complexity index is 280. The van der Waals surface area contributed by atoms with E-state index < -0.39 is 5.60 Å². The second-order valence-corrected chi connectivity index (χ2v) is 5.54. The minimum atomic E-state index is -0.498. The summed E-state index contributed by atoms with van der Waals surface area (Å²) in [6, 6.07) is 1.78. The van der Waals surface area contributed by atoms with Crippen molar-refractivity contribution < 1.29 is 9.53 Å². The lowest BCUT2D eigenvalue weighted by Crippen LogP contribution is -2.47. The summed E-state index contributed by atoms with van der Waals surface area (Å²) in [6.45, 7) is 6.07. The summed E-state index contributed by atoms with van der Waals surface area (Å²) in [6.07, 6.45) is -0.380. The van der Waals surface area contributed by atoms with Gasteiger partial charge in [0.25, 0.3) is 0 Å². The van der Waals surface area contributed by atoms with Crippen molar-refractivity contribution >= 4 is 17.9 Å². The summed E-state index contributed by atoms with van der Waals surface area (Å²) in [7, 11) is 0. The van der Waals surface area contributed by atoms with Crippen molar-refractivity contribution in [3.05, 3.63) is 0 Å². The van der Waals surface area contributed by atoms with Crippen LogP contribution in [0.15, 0.2) is 0 Å². The summed E-state index contributed by atoms with van der Waals surface area (Å²) >= 11 is 1.69. The van der Waals surface area contributed by atoms with Gasteiger partial charge in [0.15, 0.2) is 0 Å². The van der Waals surface area contributed by atoms with Crippen molar-refractivity contribution in [3.63, 3.8) is 0 Å². The molecule has 0 bridgehead atoms. The van der Waals surface area contributed by atoms with Crippen molar-refractivity contribution in [3.8, 4) is 6.07 Å². The first kappa shape index (κ1) is 12.2. The molecule has 0 N–H and O–H groups in total. The molecule has 5 heteroatoms. The normalized spacial score (nSPS) is 22.0. The molecule has 84 valence electrons. The monoisotopic (exact) mass is 228 g/mol. The molecule has 15 heavy (non-hydrogen) atoms. The molecular weight excluding hydrogens is 212 g/mol. The molecule has 1 amide bonds. The third-order valence-electron chi connectivity index (χ3n) is 1.91. The molecule has 1 rings (SSSR count). The molecular formula is C10H16N2O2S. The van der Waals surface area contributed by atoms with E-state index in [0.717, 1.165) is 5.75 Å². The number of amides is 1. The number of carbonyl (C=O) groups is 1. The zero-order chi connectivity index (χ0) is 11.5. The van der Waals surface area contributed by atoms with Crippen LogP contribution in [0.4, 0.5) is 4.79 Å². The second-order valence-electron chi connectivity index (χ2n) is 4.39. The average molecular weight is 228 g/mol. The highest BCUT2D eigenvalue weighted by atomic mass is 32.2. The van der Waals surface area contributed by atoms with Gasteiger partial charge in [0.2, 0.25) is 0 Å². The third kappa shape index (κ3) is 3.63. The molecule has 0 aromatic heterocycles. The number of rotatable bonds is 0. The smallest absolute Gasteiger partial charge is 0.411 e. The molecule has 1 fully saturated rings. The first-order chi connectivity index (χ1) is 6.94. The molecule has 0 aliphatic carbocycles. The van der Waals surface area contributed by atoms with Crippen molar-refractivity contribution in [2.45, 2.75) is 32.4 Å². The second kappa shape index (κ2) is 4.75. The summed E-state index contributed by atoms with van der Waals surface area (Å²) in [5.74, 6) is 1.55. The van der Waals surface area contributed by atoms with Gasteiger partial charge in [-0.25, -0.2) is 4.79 Å². The topological polar surface area (TPSA) is 53.3 Å². The van der Waals surface area contributed by atoms with Crippen LogP contribution in [0.5, 0.6) is 0 Å². The van der Waals surface area contributed by atoms with Crippen LogP contribution in [0.1, 0.15) is 20.8 Å². The number of ether oxygens (including phenoxy) is 1. The number of nitriles is 1. The van der Waals surface area contributed by atoms with Crippen LogP contribution in [0.3, 0.4) is 0 Å². The third-order valence-corrected chi connectivity index (χ3v) is 2.93. The highest BCUT2D eigenvalue weighted by Gasteiger charge is 2.30. The summed E-state index contributed by atoms with van der Waals surface area (Å²) < 4.78 is 5.24. The fraction of sp³-hybridized carbons (Fsp3) is 0.800. The molecule has 1 aliphatic rings. The Hall–Kier alpha value is -0.890. The number of carbonyl (C=O) groups excluding carboxylic acids is 1. The molecule has 1 heterocycles. The first-order valence-electron chi connectivity index (χ1n) is 4.91. The minimum Gasteiger partial charge on any atom is -0.444 e. The van der Waals surface area contributed by atoms with Crippen molar-refractivity contribution in [1.29, 1.82) is 5.26 Å². The van der Waals surface area contributed by atoms with Crippen LogP contribution in [0.2, 0.25) is 0 Å². The molecule has 1 aliphatic heterocycles. The van der Waals surface area contributed by atoms with Gasteiger partial charge in [-0.2, -0.15) is 17.0 Å². The van der Waals surface area contributed by atoms with Gasteiger partial charge in [0.1, 0.15) is 11.6 Å². The molecule has 0 aromatic rings. The quantitative estimate of drug-likeness (QED) is 0.635. The van der Waals surface area contributed by atoms with Crippen LogP contribution in [0.25, 0.3) is 0 Å². The first-order valence-corrected chi connectivity index (χ1v) is 6.06. The van der Waals surface area contributed by atoms with E-state index in [2.05, 4.69) is 6.07 Å². The van der Waals surface area contributed by atoms with Gasteiger partial charge in [0, 0.05) is 18.1 Å². The van der Waals surface area contributed by atoms with Crippen LogP contribution in [-0.4, -0.2) is 40.7 Å². The predicted octanol–water partition coefficient (Wildman–Crippen LogP) is 1.86. The standard InChI is InChI=1S/C10H16N2O2S/c1-10(2,3)14-9(13)12-4-5-15-7-8(12)6-11/h8H,4-5,7H2,1-3H3/t8-/m1/s1. The maximum atomic E-state index is 11.7. The summed E-state index contributed by atoms with van der Waals surface area (Å²) in [5, 5.41) is 8.90. The van der Waals surface area contributed by atoms with Gasteiger partial charge in [-0.3, -0.25) is 4.90 Å². The Kier molecular flexibility index (Phi) is 3.86. The van der Waals surface area contributed by atoms with Crippen molar-refractivity contribution in [2.24, 2.45) is 0 Å². The highest BCUT2D eigenvalue weighted by molar-refractivity contribution is 7.99. The molecule has 0 aromatic carbocycles. The Balaban J connectivity index is 2.61. The predicted molar refractivity (Wildman–Crippen MR) is 59.7 cm³/mol. The van der Waals surface area contributed by atoms with Gasteiger partial charge in [0.05, 0.1) is 6.07 Å². The Morgan fingerprint density at radius 2 is 2.27 bits per heavy atom.